The monoisotopic (exact) mass is 742 g/mol. The van der Waals surface area contributed by atoms with Gasteiger partial charge in [0.05, 0.1) is 23.0 Å². The zero-order valence-electron chi connectivity index (χ0n) is 33.5. The van der Waals surface area contributed by atoms with Crippen LogP contribution in [-0.2, 0) is 0 Å². The number of anilines is 1. The number of phenolic OH excluding ortho intramolecular Hbond substituents is 2. The first-order valence-electron chi connectivity index (χ1n) is 18.9. The Labute approximate surface area is 324 Å². The van der Waals surface area contributed by atoms with Crippen molar-refractivity contribution in [1.82, 2.24) is 31.0 Å². The molecular weight excluding hydrogens is 689 g/mol. The molecule has 55 heavy (non-hydrogen) atoms. The van der Waals surface area contributed by atoms with E-state index < -0.39 is 0 Å². The topological polar surface area (TPSA) is 152 Å². The lowest BCUT2D eigenvalue weighted by molar-refractivity contribution is 0.0524. The average Bonchev–Trinajstić information content (AvgIpc) is 3.09. The molecule has 288 valence electrons. The molecule has 5 aromatic rings. The number of rotatable bonds is 6. The number of nitrogens with one attached hydrogen (secondary N) is 2. The summed E-state index contributed by atoms with van der Waals surface area (Å²) < 4.78 is 6.14. The maximum Gasteiger partial charge on any atom is 0.233 e. The van der Waals surface area contributed by atoms with Gasteiger partial charge >= 0.3 is 0 Å². The van der Waals surface area contributed by atoms with Crippen molar-refractivity contribution in [3.63, 3.8) is 0 Å². The van der Waals surface area contributed by atoms with E-state index in [1.807, 2.05) is 54.6 Å². The molecule has 11 heteroatoms. The molecule has 2 aliphatic rings. The van der Waals surface area contributed by atoms with Gasteiger partial charge in [0.25, 0.3) is 0 Å². The Bertz CT molecular complexity index is 2140. The lowest BCUT2D eigenvalue weighted by Gasteiger charge is -2.49. The van der Waals surface area contributed by atoms with E-state index >= 15 is 0 Å². The second-order valence-electron chi connectivity index (χ2n) is 17.7. The van der Waals surface area contributed by atoms with Crippen LogP contribution in [0.2, 0.25) is 0 Å². The van der Waals surface area contributed by atoms with Gasteiger partial charge in [-0.2, -0.15) is 5.26 Å². The maximum atomic E-state index is 10.4. The summed E-state index contributed by atoms with van der Waals surface area (Å²) in [6, 6.07) is 26.2. The summed E-state index contributed by atoms with van der Waals surface area (Å²) in [5.41, 5.74) is 2.96. The molecule has 3 aromatic carbocycles. The number of hydrogen-bond donors (Lipinski definition) is 4. The molecule has 0 spiro atoms. The summed E-state index contributed by atoms with van der Waals surface area (Å²) in [5, 5.41) is 56.2. The summed E-state index contributed by atoms with van der Waals surface area (Å²) in [5.74, 6) is 1.60. The van der Waals surface area contributed by atoms with Crippen molar-refractivity contribution in [2.75, 3.05) is 11.9 Å². The van der Waals surface area contributed by atoms with Crippen LogP contribution in [0.1, 0.15) is 86.6 Å². The Morgan fingerprint density at radius 1 is 0.655 bits per heavy atom. The third kappa shape index (κ3) is 9.68. The van der Waals surface area contributed by atoms with Crippen LogP contribution in [0.15, 0.2) is 78.9 Å². The summed E-state index contributed by atoms with van der Waals surface area (Å²) in [7, 11) is 2.06. The third-order valence-corrected chi connectivity index (χ3v) is 10.4. The van der Waals surface area contributed by atoms with Crippen molar-refractivity contribution in [3.05, 3.63) is 84.4 Å². The van der Waals surface area contributed by atoms with Crippen molar-refractivity contribution < 1.29 is 14.9 Å². The highest BCUT2D eigenvalue weighted by molar-refractivity contribution is 5.89. The van der Waals surface area contributed by atoms with E-state index in [2.05, 4.69) is 104 Å². The molecule has 2 saturated heterocycles. The minimum atomic E-state index is 0.0106. The van der Waals surface area contributed by atoms with E-state index in [-0.39, 0.29) is 39.8 Å². The van der Waals surface area contributed by atoms with Crippen molar-refractivity contribution >= 4 is 16.6 Å². The predicted octanol–water partition coefficient (Wildman–Crippen LogP) is 8.16. The third-order valence-electron chi connectivity index (χ3n) is 10.4. The average molecular weight is 743 g/mol. The molecule has 2 fully saturated rings. The molecule has 0 unspecified atom stereocenters. The summed E-state index contributed by atoms with van der Waals surface area (Å²) in [6.45, 7) is 17.7. The first-order chi connectivity index (χ1) is 25.8. The lowest BCUT2D eigenvalue weighted by Crippen LogP contribution is -2.62. The van der Waals surface area contributed by atoms with Crippen LogP contribution in [0.5, 0.6) is 17.4 Å². The Morgan fingerprint density at radius 3 is 1.75 bits per heavy atom. The number of nitriles is 1. The van der Waals surface area contributed by atoms with Gasteiger partial charge < -0.3 is 30.5 Å². The SMILES string of the molecule is CC1(C)CC(Oc2ccc(-c3cc4ccccc4cc3O)nn2)CC(C)(C)N1.CN(c1ccc(-c2cc(C#N)ccc2O)nn1)C1CC(C)(C)NC(C)(C)C1. The molecule has 7 rings (SSSR count). The fourth-order valence-electron chi connectivity index (χ4n) is 8.64. The molecule has 0 radical (unpaired) electrons. The van der Waals surface area contributed by atoms with E-state index in [0.717, 1.165) is 42.3 Å². The Hall–Kier alpha value is -5.31. The number of fused-ring (bicyclic) bond motifs is 1. The molecule has 2 aromatic heterocycles. The normalized spacial score (nSPS) is 18.8. The van der Waals surface area contributed by atoms with Crippen LogP contribution >= 0.6 is 0 Å². The van der Waals surface area contributed by atoms with Crippen molar-refractivity contribution in [1.29, 1.82) is 5.26 Å². The van der Waals surface area contributed by atoms with Crippen LogP contribution in [0.25, 0.3) is 33.3 Å². The number of hydrogen-bond acceptors (Lipinski definition) is 11. The zero-order valence-corrected chi connectivity index (χ0v) is 33.5. The van der Waals surface area contributed by atoms with Gasteiger partial charge in [-0.3, -0.25) is 0 Å². The Kier molecular flexibility index (Phi) is 10.8. The van der Waals surface area contributed by atoms with Gasteiger partial charge in [-0.25, -0.2) is 0 Å². The number of aromatic hydroxyl groups is 2. The summed E-state index contributed by atoms with van der Waals surface area (Å²) >= 11 is 0. The number of piperidine rings is 2. The fraction of sp³-hybridized carbons (Fsp3) is 0.432. The van der Waals surface area contributed by atoms with E-state index in [0.29, 0.717) is 40.0 Å². The van der Waals surface area contributed by atoms with Gasteiger partial charge in [-0.05, 0) is 128 Å². The lowest BCUT2D eigenvalue weighted by atomic mass is 9.79. The number of phenols is 2. The molecule has 0 amide bonds. The van der Waals surface area contributed by atoms with Gasteiger partial charge in [0.15, 0.2) is 5.82 Å². The quantitative estimate of drug-likeness (QED) is 0.133. The van der Waals surface area contributed by atoms with Crippen LogP contribution in [0.3, 0.4) is 0 Å². The van der Waals surface area contributed by atoms with Crippen LogP contribution in [0.4, 0.5) is 5.82 Å². The molecule has 0 aliphatic carbocycles. The molecule has 11 nitrogen and oxygen atoms in total. The highest BCUT2D eigenvalue weighted by Gasteiger charge is 2.40. The molecule has 0 atom stereocenters. The summed E-state index contributed by atoms with van der Waals surface area (Å²) in [6.07, 6.45) is 3.93. The van der Waals surface area contributed by atoms with E-state index in [9.17, 15) is 10.2 Å². The molecule has 0 saturated carbocycles. The standard InChI is InChI=1S/C23H27N3O2.C21H27N5O/c1-22(2)13-17(14-23(3,4)26-22)28-21-10-9-19(24-25-21)18-11-15-7-5-6-8-16(15)12-20(18)27;1-20(2)11-15(12-21(3,4)25-20)26(5)19-9-7-17(23-24-19)16-10-14(13-22)6-8-18(16)27/h5-12,17,26-27H,13-14H2,1-4H3;6-10,15,25,27H,11-12H2,1-5H3. The van der Waals surface area contributed by atoms with Crippen LogP contribution in [-0.4, -0.2) is 72.0 Å². The highest BCUT2D eigenvalue weighted by atomic mass is 16.5. The molecular formula is C44H54N8O3. The zero-order chi connectivity index (χ0) is 39.8. The molecule has 4 heterocycles. The van der Waals surface area contributed by atoms with Crippen LogP contribution in [0, 0.1) is 11.3 Å². The highest BCUT2D eigenvalue weighted by Crippen LogP contribution is 2.36. The maximum absolute atomic E-state index is 10.4. The van der Waals surface area contributed by atoms with Crippen molar-refractivity contribution in [2.24, 2.45) is 0 Å². The minimum absolute atomic E-state index is 0.0106. The molecule has 2 aliphatic heterocycles. The van der Waals surface area contributed by atoms with E-state index in [1.54, 1.807) is 18.2 Å². The first kappa shape index (κ1) is 39.4. The number of aromatic nitrogens is 4. The Balaban J connectivity index is 0.000000187. The predicted molar refractivity (Wildman–Crippen MR) is 218 cm³/mol. The number of nitrogens with zero attached hydrogens (tertiary/aromatic N) is 6. The fourth-order valence-corrected chi connectivity index (χ4v) is 8.64. The van der Waals surface area contributed by atoms with Gasteiger partial charge in [-0.15, -0.1) is 20.4 Å². The van der Waals surface area contributed by atoms with Gasteiger partial charge in [-0.1, -0.05) is 24.3 Å². The first-order valence-corrected chi connectivity index (χ1v) is 18.9. The largest absolute Gasteiger partial charge is 0.507 e. The second kappa shape index (κ2) is 15.1. The van der Waals surface area contributed by atoms with Crippen molar-refractivity contribution in [3.8, 4) is 46.0 Å². The Morgan fingerprint density at radius 2 is 1.20 bits per heavy atom. The number of ether oxygens (including phenoxy) is 1. The van der Waals surface area contributed by atoms with Crippen molar-refractivity contribution in [2.45, 2.75) is 115 Å². The molecule has 4 N–H and O–H groups in total. The smallest absolute Gasteiger partial charge is 0.233 e. The van der Waals surface area contributed by atoms with Crippen LogP contribution < -0.4 is 20.3 Å². The van der Waals surface area contributed by atoms with E-state index in [4.69, 9.17) is 10.00 Å². The number of benzene rings is 3. The summed E-state index contributed by atoms with van der Waals surface area (Å²) in [4.78, 5) is 2.19. The van der Waals surface area contributed by atoms with Gasteiger partial charge in [0, 0.05) is 65.3 Å². The molecule has 0 bridgehead atoms. The van der Waals surface area contributed by atoms with E-state index in [1.165, 1.54) is 6.07 Å². The second-order valence-corrected chi connectivity index (χ2v) is 17.7. The van der Waals surface area contributed by atoms with Gasteiger partial charge in [0.2, 0.25) is 5.88 Å². The minimum Gasteiger partial charge on any atom is -0.507 e. The van der Waals surface area contributed by atoms with Gasteiger partial charge in [0.1, 0.15) is 17.6 Å².